The van der Waals surface area contributed by atoms with E-state index < -0.39 is 20.7 Å². The van der Waals surface area contributed by atoms with E-state index >= 15 is 0 Å². The van der Waals surface area contributed by atoms with Gasteiger partial charge in [-0.1, -0.05) is 31.2 Å². The lowest BCUT2D eigenvalue weighted by molar-refractivity contribution is -0.129. The third-order valence-corrected chi connectivity index (χ3v) is 5.77. The van der Waals surface area contributed by atoms with Crippen molar-refractivity contribution in [3.05, 3.63) is 46.8 Å². The summed E-state index contributed by atoms with van der Waals surface area (Å²) < 4.78 is 45.6. The number of imidazole rings is 1. The minimum atomic E-state index is -4.33. The zero-order chi connectivity index (χ0) is 19.4. The highest BCUT2D eigenvalue weighted by Gasteiger charge is 2.30. The largest absolute Gasteiger partial charge is 0.396 e. The maximum Gasteiger partial charge on any atom is 0.396 e. The van der Waals surface area contributed by atoms with Crippen LogP contribution in [0.2, 0.25) is 30.7 Å². The zero-order valence-corrected chi connectivity index (χ0v) is 16.9. The lowest BCUT2D eigenvalue weighted by Gasteiger charge is -2.16. The van der Waals surface area contributed by atoms with Gasteiger partial charge in [0.2, 0.25) is 0 Å². The Hall–Kier alpha value is -1.38. The Balaban J connectivity index is 2.11. The molecule has 0 saturated heterocycles. The number of hydrogen-bond donors (Lipinski definition) is 0. The first-order chi connectivity index (χ1) is 12.0. The molecule has 2 rings (SSSR count). The number of rotatable bonds is 8. The standard InChI is InChI=1S/C17H23ClF3N3OSi/c1-26(2,3)7-6-25-12-24-11-14(23-16(24)9-17(19,20)21)8-13-4-5-22-10-15(13)18/h4-5,10-11H,6-9,12H2,1-3H3. The maximum atomic E-state index is 12.8. The van der Waals surface area contributed by atoms with E-state index in [0.717, 1.165) is 11.6 Å². The summed E-state index contributed by atoms with van der Waals surface area (Å²) in [5.74, 6) is -0.0503. The summed E-state index contributed by atoms with van der Waals surface area (Å²) in [6, 6.07) is 2.69. The Morgan fingerprint density at radius 1 is 1.27 bits per heavy atom. The van der Waals surface area contributed by atoms with E-state index in [0.29, 0.717) is 23.7 Å². The fourth-order valence-electron chi connectivity index (χ4n) is 2.31. The summed E-state index contributed by atoms with van der Waals surface area (Å²) >= 11 is 6.07. The number of ether oxygens (including phenoxy) is 1. The highest BCUT2D eigenvalue weighted by Crippen LogP contribution is 2.23. The Morgan fingerprint density at radius 2 is 2.00 bits per heavy atom. The molecule has 0 aromatic carbocycles. The molecule has 0 N–H and O–H groups in total. The van der Waals surface area contributed by atoms with Crippen LogP contribution in [0.5, 0.6) is 0 Å². The lowest BCUT2D eigenvalue weighted by atomic mass is 10.1. The van der Waals surface area contributed by atoms with E-state index in [1.807, 2.05) is 0 Å². The summed E-state index contributed by atoms with van der Waals surface area (Å²) in [5, 5.41) is 0.464. The van der Waals surface area contributed by atoms with E-state index in [-0.39, 0.29) is 12.6 Å². The average molecular weight is 406 g/mol. The van der Waals surface area contributed by atoms with Crippen molar-refractivity contribution in [2.75, 3.05) is 6.61 Å². The first-order valence-corrected chi connectivity index (χ1v) is 12.4. The van der Waals surface area contributed by atoms with Crippen LogP contribution in [0, 0.1) is 0 Å². The third-order valence-electron chi connectivity index (χ3n) is 3.72. The van der Waals surface area contributed by atoms with E-state index in [1.165, 1.54) is 10.8 Å². The molecule has 0 radical (unpaired) electrons. The zero-order valence-electron chi connectivity index (χ0n) is 15.1. The molecule has 2 aromatic heterocycles. The van der Waals surface area contributed by atoms with Gasteiger partial charge in [0.25, 0.3) is 0 Å². The topological polar surface area (TPSA) is 39.9 Å². The van der Waals surface area contributed by atoms with Crippen LogP contribution in [-0.4, -0.2) is 35.4 Å². The van der Waals surface area contributed by atoms with Crippen molar-refractivity contribution in [2.24, 2.45) is 0 Å². The van der Waals surface area contributed by atoms with Gasteiger partial charge in [0, 0.05) is 39.7 Å². The predicted molar refractivity (Wildman–Crippen MR) is 98.1 cm³/mol. The average Bonchev–Trinajstić information content (AvgIpc) is 2.85. The van der Waals surface area contributed by atoms with Gasteiger partial charge in [-0.15, -0.1) is 0 Å². The highest BCUT2D eigenvalue weighted by atomic mass is 35.5. The molecule has 4 nitrogen and oxygen atoms in total. The molecule has 0 aliphatic rings. The van der Waals surface area contributed by atoms with Crippen molar-refractivity contribution in [1.82, 2.24) is 14.5 Å². The van der Waals surface area contributed by atoms with E-state index in [2.05, 4.69) is 29.6 Å². The number of alkyl halides is 3. The van der Waals surface area contributed by atoms with Crippen molar-refractivity contribution in [2.45, 2.75) is 51.4 Å². The summed E-state index contributed by atoms with van der Waals surface area (Å²) in [6.45, 7) is 7.26. The molecule has 0 aliphatic carbocycles. The number of aromatic nitrogens is 3. The van der Waals surface area contributed by atoms with Crippen LogP contribution in [0.25, 0.3) is 0 Å². The fraction of sp³-hybridized carbons (Fsp3) is 0.529. The Bertz CT molecular complexity index is 729. The van der Waals surface area contributed by atoms with Crippen molar-refractivity contribution in [3.63, 3.8) is 0 Å². The fourth-order valence-corrected chi connectivity index (χ4v) is 3.26. The predicted octanol–water partition coefficient (Wildman–Crippen LogP) is 4.94. The number of hydrogen-bond acceptors (Lipinski definition) is 3. The molecular weight excluding hydrogens is 383 g/mol. The second-order valence-corrected chi connectivity index (χ2v) is 13.4. The SMILES string of the molecule is C[Si](C)(C)CCOCn1cc(Cc2ccncc2Cl)nc1CC(F)(F)F. The van der Waals surface area contributed by atoms with Crippen LogP contribution >= 0.6 is 11.6 Å². The van der Waals surface area contributed by atoms with Gasteiger partial charge >= 0.3 is 6.18 Å². The minimum Gasteiger partial charge on any atom is -0.361 e. The van der Waals surface area contributed by atoms with Gasteiger partial charge in [0.15, 0.2) is 0 Å². The van der Waals surface area contributed by atoms with E-state index in [1.54, 1.807) is 18.5 Å². The summed E-state index contributed by atoms with van der Waals surface area (Å²) in [4.78, 5) is 8.06. The smallest absolute Gasteiger partial charge is 0.361 e. The van der Waals surface area contributed by atoms with Crippen molar-refractivity contribution < 1.29 is 17.9 Å². The van der Waals surface area contributed by atoms with Crippen LogP contribution in [0.1, 0.15) is 17.1 Å². The van der Waals surface area contributed by atoms with Gasteiger partial charge in [-0.25, -0.2) is 4.98 Å². The summed E-state index contributed by atoms with van der Waals surface area (Å²) in [7, 11) is -1.25. The Morgan fingerprint density at radius 3 is 2.62 bits per heavy atom. The summed E-state index contributed by atoms with van der Waals surface area (Å²) in [6.07, 6.45) is -0.375. The van der Waals surface area contributed by atoms with Crippen LogP contribution in [0.4, 0.5) is 13.2 Å². The minimum absolute atomic E-state index is 0.0503. The van der Waals surface area contributed by atoms with Crippen LogP contribution in [0.3, 0.4) is 0 Å². The Kier molecular flexibility index (Phi) is 6.87. The molecule has 26 heavy (non-hydrogen) atoms. The van der Waals surface area contributed by atoms with Crippen molar-refractivity contribution in [3.8, 4) is 0 Å². The number of pyridine rings is 1. The number of halogens is 4. The molecule has 0 atom stereocenters. The molecule has 0 amide bonds. The molecule has 2 heterocycles. The third kappa shape index (κ3) is 7.09. The van der Waals surface area contributed by atoms with Gasteiger partial charge in [0.05, 0.1) is 10.7 Å². The maximum absolute atomic E-state index is 12.8. The van der Waals surface area contributed by atoms with Gasteiger partial charge in [-0.05, 0) is 17.7 Å². The Labute approximate surface area is 157 Å². The van der Waals surface area contributed by atoms with Crippen LogP contribution in [0.15, 0.2) is 24.7 Å². The molecule has 0 aliphatic heterocycles. The van der Waals surface area contributed by atoms with Crippen molar-refractivity contribution in [1.29, 1.82) is 0 Å². The van der Waals surface area contributed by atoms with Crippen molar-refractivity contribution >= 4 is 19.7 Å². The van der Waals surface area contributed by atoms with Gasteiger partial charge < -0.3 is 9.30 Å². The number of nitrogens with zero attached hydrogens (tertiary/aromatic N) is 3. The first-order valence-electron chi connectivity index (χ1n) is 8.31. The monoisotopic (exact) mass is 405 g/mol. The lowest BCUT2D eigenvalue weighted by Crippen LogP contribution is -2.22. The van der Waals surface area contributed by atoms with Crippen LogP contribution in [-0.2, 0) is 24.3 Å². The second-order valence-electron chi connectivity index (χ2n) is 7.40. The van der Waals surface area contributed by atoms with Gasteiger partial charge in [0.1, 0.15) is 19.0 Å². The molecule has 0 unspecified atom stereocenters. The molecule has 0 spiro atoms. The molecule has 2 aromatic rings. The quantitative estimate of drug-likeness (QED) is 0.461. The first kappa shape index (κ1) is 20.9. The van der Waals surface area contributed by atoms with Gasteiger partial charge in [-0.3, -0.25) is 4.98 Å². The van der Waals surface area contributed by atoms with E-state index in [9.17, 15) is 13.2 Å². The second kappa shape index (κ2) is 8.54. The molecular formula is C17H23ClF3N3OSi. The molecule has 144 valence electrons. The molecule has 0 bridgehead atoms. The highest BCUT2D eigenvalue weighted by molar-refractivity contribution is 6.76. The molecule has 0 fully saturated rings. The van der Waals surface area contributed by atoms with Crippen LogP contribution < -0.4 is 0 Å². The van der Waals surface area contributed by atoms with E-state index in [4.69, 9.17) is 16.3 Å². The summed E-state index contributed by atoms with van der Waals surface area (Å²) in [5.41, 5.74) is 1.29. The normalized spacial score (nSPS) is 12.6. The molecule has 9 heteroatoms. The van der Waals surface area contributed by atoms with Gasteiger partial charge in [-0.2, -0.15) is 13.2 Å². The molecule has 0 saturated carbocycles.